The van der Waals surface area contributed by atoms with Crippen molar-refractivity contribution >= 4 is 5.78 Å². The fraction of sp³-hybridized carbons (Fsp3) is 0.567. The zero-order valence-corrected chi connectivity index (χ0v) is 21.3. The summed E-state index contributed by atoms with van der Waals surface area (Å²) >= 11 is 0. The number of benzene rings is 2. The Morgan fingerprint density at radius 2 is 1.75 bits per heavy atom. The van der Waals surface area contributed by atoms with Gasteiger partial charge in [0.15, 0.2) is 5.78 Å². The van der Waals surface area contributed by atoms with Gasteiger partial charge in [-0.1, -0.05) is 32.4 Å². The summed E-state index contributed by atoms with van der Waals surface area (Å²) in [5.41, 5.74) is 0.939. The largest absolute Gasteiger partial charge is 0.507 e. The van der Waals surface area contributed by atoms with E-state index in [9.17, 15) is 18.7 Å². The Labute approximate surface area is 213 Å². The Morgan fingerprint density at radius 3 is 2.33 bits per heavy atom. The predicted octanol–water partition coefficient (Wildman–Crippen LogP) is 7.98. The Hall–Kier alpha value is -2.47. The molecular formula is C30H38F2O4. The molecule has 0 radical (unpaired) electrons. The van der Waals surface area contributed by atoms with E-state index in [1.165, 1.54) is 49.9 Å². The smallest absolute Gasteiger partial charge is 0.426 e. The standard InChI is InChI=1S/C30H38F2O4/c1-3-5-20-6-17-29(35-19-20)23-9-7-21(8-10-23)22-11-13-24(14-12-22)30(31,32)36-25-15-16-26(27(33)4-2)28(34)18-25/h11-16,18,20-21,23,29,34H,3-10,17,19H2,1-2H3/t20?,21?,23?,29-/m1/s1. The third-order valence-corrected chi connectivity index (χ3v) is 7.95. The van der Waals surface area contributed by atoms with Crippen molar-refractivity contribution in [1.29, 1.82) is 0 Å². The van der Waals surface area contributed by atoms with E-state index in [1.807, 2.05) is 0 Å². The van der Waals surface area contributed by atoms with Crippen LogP contribution in [-0.4, -0.2) is 23.6 Å². The summed E-state index contributed by atoms with van der Waals surface area (Å²) in [4.78, 5) is 11.8. The molecule has 1 heterocycles. The van der Waals surface area contributed by atoms with Crippen LogP contribution in [0.25, 0.3) is 0 Å². The summed E-state index contributed by atoms with van der Waals surface area (Å²) < 4.78 is 40.8. The second-order valence-electron chi connectivity index (χ2n) is 10.4. The molecule has 1 aliphatic heterocycles. The highest BCUT2D eigenvalue weighted by atomic mass is 19.3. The first-order valence-electron chi connectivity index (χ1n) is 13.5. The normalized spacial score (nSPS) is 24.9. The molecule has 0 bridgehead atoms. The molecule has 36 heavy (non-hydrogen) atoms. The van der Waals surface area contributed by atoms with Crippen molar-refractivity contribution in [3.63, 3.8) is 0 Å². The van der Waals surface area contributed by atoms with E-state index in [-0.39, 0.29) is 34.8 Å². The van der Waals surface area contributed by atoms with Gasteiger partial charge in [0.05, 0.1) is 17.2 Å². The number of Topliss-reactive ketones (excluding diaryl/α,β-unsaturated/α-hetero) is 1. The molecule has 1 saturated carbocycles. The first-order chi connectivity index (χ1) is 17.3. The van der Waals surface area contributed by atoms with Gasteiger partial charge < -0.3 is 14.6 Å². The summed E-state index contributed by atoms with van der Waals surface area (Å²) in [5, 5.41) is 10.0. The lowest BCUT2D eigenvalue weighted by Crippen LogP contribution is -2.34. The maximum absolute atomic E-state index is 14.8. The zero-order valence-electron chi connectivity index (χ0n) is 21.3. The number of carbonyl (C=O) groups is 1. The molecule has 1 N–H and O–H groups in total. The van der Waals surface area contributed by atoms with E-state index < -0.39 is 6.11 Å². The van der Waals surface area contributed by atoms with E-state index in [0.29, 0.717) is 17.9 Å². The average molecular weight is 501 g/mol. The van der Waals surface area contributed by atoms with Crippen molar-refractivity contribution in [3.05, 3.63) is 59.2 Å². The van der Waals surface area contributed by atoms with Gasteiger partial charge in [-0.2, -0.15) is 8.78 Å². The van der Waals surface area contributed by atoms with Crippen LogP contribution in [0.3, 0.4) is 0 Å². The number of aromatic hydroxyl groups is 1. The predicted molar refractivity (Wildman–Crippen MR) is 136 cm³/mol. The van der Waals surface area contributed by atoms with Gasteiger partial charge in [-0.15, -0.1) is 0 Å². The second kappa shape index (κ2) is 11.7. The third-order valence-electron chi connectivity index (χ3n) is 7.95. The van der Waals surface area contributed by atoms with E-state index in [1.54, 1.807) is 19.1 Å². The number of rotatable bonds is 9. The number of hydrogen-bond donors (Lipinski definition) is 1. The van der Waals surface area contributed by atoms with Gasteiger partial charge in [0.25, 0.3) is 0 Å². The lowest BCUT2D eigenvalue weighted by Gasteiger charge is -2.38. The van der Waals surface area contributed by atoms with Crippen LogP contribution in [0.1, 0.15) is 99.0 Å². The molecule has 0 amide bonds. The molecule has 2 aromatic carbocycles. The molecule has 2 aliphatic rings. The van der Waals surface area contributed by atoms with Crippen LogP contribution >= 0.6 is 0 Å². The second-order valence-corrected chi connectivity index (χ2v) is 10.4. The molecule has 4 nitrogen and oxygen atoms in total. The highest BCUT2D eigenvalue weighted by molar-refractivity contribution is 5.98. The van der Waals surface area contributed by atoms with Gasteiger partial charge in [0.2, 0.25) is 0 Å². The van der Waals surface area contributed by atoms with Gasteiger partial charge >= 0.3 is 6.11 Å². The summed E-state index contributed by atoms with van der Waals surface area (Å²) in [7, 11) is 0. The van der Waals surface area contributed by atoms with Crippen LogP contribution in [0, 0.1) is 11.8 Å². The Kier molecular flexibility index (Phi) is 8.66. The maximum atomic E-state index is 14.8. The Balaban J connectivity index is 1.32. The lowest BCUT2D eigenvalue weighted by atomic mass is 9.75. The highest BCUT2D eigenvalue weighted by Crippen LogP contribution is 2.41. The van der Waals surface area contributed by atoms with E-state index in [0.717, 1.165) is 49.8 Å². The summed E-state index contributed by atoms with van der Waals surface area (Å²) in [5.74, 6) is 0.887. The van der Waals surface area contributed by atoms with Gasteiger partial charge in [0, 0.05) is 19.1 Å². The van der Waals surface area contributed by atoms with E-state index in [4.69, 9.17) is 9.47 Å². The number of ether oxygens (including phenoxy) is 2. The van der Waals surface area contributed by atoms with Gasteiger partial charge in [-0.3, -0.25) is 4.79 Å². The molecule has 0 aromatic heterocycles. The van der Waals surface area contributed by atoms with Crippen molar-refractivity contribution in [1.82, 2.24) is 0 Å². The van der Waals surface area contributed by atoms with Gasteiger partial charge in [-0.25, -0.2) is 0 Å². The molecule has 1 saturated heterocycles. The topological polar surface area (TPSA) is 55.8 Å². The molecular weight excluding hydrogens is 462 g/mol. The molecule has 1 unspecified atom stereocenters. The van der Waals surface area contributed by atoms with E-state index >= 15 is 0 Å². The van der Waals surface area contributed by atoms with Crippen molar-refractivity contribution in [2.24, 2.45) is 11.8 Å². The number of phenolic OH excluding ortho intramolecular Hbond substituents is 1. The molecule has 2 atom stereocenters. The molecule has 1 aliphatic carbocycles. The van der Waals surface area contributed by atoms with Crippen molar-refractivity contribution in [2.45, 2.75) is 89.8 Å². The van der Waals surface area contributed by atoms with Gasteiger partial charge in [0.1, 0.15) is 11.5 Å². The number of alkyl halides is 2. The molecule has 2 fully saturated rings. The van der Waals surface area contributed by atoms with Crippen molar-refractivity contribution in [2.75, 3.05) is 6.61 Å². The summed E-state index contributed by atoms with van der Waals surface area (Å²) in [6.45, 7) is 4.80. The lowest BCUT2D eigenvalue weighted by molar-refractivity contribution is -0.185. The molecule has 196 valence electrons. The molecule has 2 aromatic rings. The minimum Gasteiger partial charge on any atom is -0.507 e. The van der Waals surface area contributed by atoms with Crippen LogP contribution in [0.2, 0.25) is 0 Å². The first-order valence-corrected chi connectivity index (χ1v) is 13.5. The number of ketones is 1. The number of hydrogen-bond acceptors (Lipinski definition) is 4. The van der Waals surface area contributed by atoms with Crippen LogP contribution < -0.4 is 4.74 Å². The monoisotopic (exact) mass is 500 g/mol. The molecule has 0 spiro atoms. The summed E-state index contributed by atoms with van der Waals surface area (Å²) in [6, 6.07) is 10.1. The number of halogens is 2. The Morgan fingerprint density at radius 1 is 1.03 bits per heavy atom. The van der Waals surface area contributed by atoms with Crippen LogP contribution in [0.5, 0.6) is 11.5 Å². The SMILES string of the molecule is CCCC1CC[C@H](C2CCC(c3ccc(C(F)(F)Oc4ccc(C(=O)CC)c(O)c4)cc3)CC2)OC1. The molecule has 4 rings (SSSR count). The Bertz CT molecular complexity index is 1000. The van der Waals surface area contributed by atoms with Crippen LogP contribution in [-0.2, 0) is 10.8 Å². The maximum Gasteiger partial charge on any atom is 0.426 e. The van der Waals surface area contributed by atoms with Crippen molar-refractivity contribution in [3.8, 4) is 11.5 Å². The van der Waals surface area contributed by atoms with E-state index in [2.05, 4.69) is 6.92 Å². The highest BCUT2D eigenvalue weighted by Gasteiger charge is 2.36. The first kappa shape index (κ1) is 26.6. The average Bonchev–Trinajstić information content (AvgIpc) is 2.89. The van der Waals surface area contributed by atoms with Crippen molar-refractivity contribution < 1.29 is 28.2 Å². The number of carbonyl (C=O) groups excluding carboxylic acids is 1. The minimum atomic E-state index is -3.56. The number of phenols is 1. The quantitative estimate of drug-likeness (QED) is 0.355. The van der Waals surface area contributed by atoms with Crippen LogP contribution in [0.15, 0.2) is 42.5 Å². The fourth-order valence-corrected chi connectivity index (χ4v) is 5.82. The third kappa shape index (κ3) is 6.26. The van der Waals surface area contributed by atoms with Crippen LogP contribution in [0.4, 0.5) is 8.78 Å². The minimum absolute atomic E-state index is 0.1000. The fourth-order valence-electron chi connectivity index (χ4n) is 5.82. The summed E-state index contributed by atoms with van der Waals surface area (Å²) in [6.07, 6.45) is 6.30. The molecule has 6 heteroatoms. The van der Waals surface area contributed by atoms with Gasteiger partial charge in [-0.05, 0) is 92.5 Å². The zero-order chi connectivity index (χ0) is 25.7.